The van der Waals surface area contributed by atoms with E-state index in [1.807, 2.05) is 23.6 Å². The van der Waals surface area contributed by atoms with E-state index >= 15 is 0 Å². The first-order valence-electron chi connectivity index (χ1n) is 9.13. The molecule has 0 atom stereocenters. The van der Waals surface area contributed by atoms with Crippen molar-refractivity contribution >= 4 is 45.7 Å². The minimum Gasteiger partial charge on any atom is -0.364 e. The highest BCUT2D eigenvalue weighted by atomic mass is 35.5. The van der Waals surface area contributed by atoms with Crippen LogP contribution in [0.3, 0.4) is 0 Å². The SMILES string of the molecule is O=C(Cc1ccc(Cl)cc1)NCCn1ncc2c(NCc3cccs3)ncnc21. The summed E-state index contributed by atoms with van der Waals surface area (Å²) in [6.07, 6.45) is 3.59. The Kier molecular flexibility index (Phi) is 6.02. The number of amides is 1. The lowest BCUT2D eigenvalue weighted by atomic mass is 10.1. The first kappa shape index (κ1) is 19.4. The number of fused-ring (bicyclic) bond motifs is 1. The van der Waals surface area contributed by atoms with Crippen LogP contribution in [0.2, 0.25) is 5.02 Å². The number of carbonyl (C=O) groups is 1. The molecule has 0 saturated carbocycles. The molecule has 1 amide bonds. The molecule has 0 radical (unpaired) electrons. The van der Waals surface area contributed by atoms with Gasteiger partial charge in [0.2, 0.25) is 5.91 Å². The van der Waals surface area contributed by atoms with E-state index in [-0.39, 0.29) is 5.91 Å². The van der Waals surface area contributed by atoms with Crippen LogP contribution in [0.15, 0.2) is 54.3 Å². The van der Waals surface area contributed by atoms with Gasteiger partial charge in [0, 0.05) is 16.4 Å². The molecule has 0 aliphatic heterocycles. The Balaban J connectivity index is 1.34. The number of hydrogen-bond acceptors (Lipinski definition) is 6. The van der Waals surface area contributed by atoms with Crippen molar-refractivity contribution < 1.29 is 4.79 Å². The Bertz CT molecular complexity index is 1090. The molecular weight excluding hydrogens is 408 g/mol. The lowest BCUT2D eigenvalue weighted by molar-refractivity contribution is -0.120. The Morgan fingerprint density at radius 3 is 2.83 bits per heavy atom. The number of halogens is 1. The van der Waals surface area contributed by atoms with Crippen molar-refractivity contribution in [1.82, 2.24) is 25.1 Å². The molecule has 7 nitrogen and oxygen atoms in total. The second-order valence-corrected chi connectivity index (χ2v) is 7.88. The highest BCUT2D eigenvalue weighted by molar-refractivity contribution is 7.09. The molecule has 0 spiro atoms. The third-order valence-electron chi connectivity index (χ3n) is 4.37. The van der Waals surface area contributed by atoms with Crippen LogP contribution in [0.5, 0.6) is 0 Å². The molecule has 0 bridgehead atoms. The van der Waals surface area contributed by atoms with Crippen LogP contribution in [-0.2, 0) is 24.3 Å². The van der Waals surface area contributed by atoms with Crippen molar-refractivity contribution in [3.8, 4) is 0 Å². The van der Waals surface area contributed by atoms with Crippen LogP contribution in [0.25, 0.3) is 11.0 Å². The number of aromatic nitrogens is 4. The van der Waals surface area contributed by atoms with Crippen LogP contribution in [-0.4, -0.2) is 32.2 Å². The minimum absolute atomic E-state index is 0.0447. The number of anilines is 1. The number of carbonyl (C=O) groups excluding carboxylic acids is 1. The number of thiophene rings is 1. The van der Waals surface area contributed by atoms with Gasteiger partial charge >= 0.3 is 0 Å². The van der Waals surface area contributed by atoms with Gasteiger partial charge in [-0.2, -0.15) is 5.10 Å². The lowest BCUT2D eigenvalue weighted by Crippen LogP contribution is -2.28. The Hall–Kier alpha value is -2.97. The smallest absolute Gasteiger partial charge is 0.224 e. The molecule has 0 saturated heterocycles. The van der Waals surface area contributed by atoms with E-state index in [1.54, 1.807) is 34.3 Å². The van der Waals surface area contributed by atoms with E-state index in [0.717, 1.165) is 22.4 Å². The topological polar surface area (TPSA) is 84.7 Å². The van der Waals surface area contributed by atoms with Crippen LogP contribution in [0, 0.1) is 0 Å². The summed E-state index contributed by atoms with van der Waals surface area (Å²) < 4.78 is 1.77. The van der Waals surface area contributed by atoms with Gasteiger partial charge in [0.1, 0.15) is 12.1 Å². The second-order valence-electron chi connectivity index (χ2n) is 6.41. The molecule has 148 valence electrons. The number of benzene rings is 1. The second kappa shape index (κ2) is 9.02. The van der Waals surface area contributed by atoms with Crippen molar-refractivity contribution in [3.63, 3.8) is 0 Å². The van der Waals surface area contributed by atoms with Gasteiger partial charge in [0.05, 0.1) is 31.1 Å². The predicted molar refractivity (Wildman–Crippen MR) is 115 cm³/mol. The fourth-order valence-electron chi connectivity index (χ4n) is 2.93. The summed E-state index contributed by atoms with van der Waals surface area (Å²) in [4.78, 5) is 22.0. The first-order chi connectivity index (χ1) is 14.2. The van der Waals surface area contributed by atoms with Gasteiger partial charge in [-0.25, -0.2) is 14.6 Å². The standard InChI is InChI=1S/C20H19ClN6OS/c21-15-5-3-14(4-6-15)10-18(28)22-7-8-27-20-17(12-26-27)19(24-13-25-20)23-11-16-2-1-9-29-16/h1-6,9,12-13H,7-8,10-11H2,(H,22,28)(H,23,24,25). The zero-order valence-electron chi connectivity index (χ0n) is 15.5. The molecule has 1 aromatic carbocycles. The molecule has 3 heterocycles. The molecule has 9 heteroatoms. The average molecular weight is 427 g/mol. The lowest BCUT2D eigenvalue weighted by Gasteiger charge is -2.07. The summed E-state index contributed by atoms with van der Waals surface area (Å²) in [7, 11) is 0. The molecular formula is C20H19ClN6OS. The normalized spacial score (nSPS) is 10.9. The van der Waals surface area contributed by atoms with Crippen LogP contribution in [0.4, 0.5) is 5.82 Å². The zero-order valence-corrected chi connectivity index (χ0v) is 17.1. The Morgan fingerprint density at radius 1 is 1.17 bits per heavy atom. The number of nitrogens with zero attached hydrogens (tertiary/aromatic N) is 4. The Labute approximate surface area is 176 Å². The minimum atomic E-state index is -0.0447. The van der Waals surface area contributed by atoms with Crippen LogP contribution < -0.4 is 10.6 Å². The highest BCUT2D eigenvalue weighted by Gasteiger charge is 2.10. The van der Waals surface area contributed by atoms with Gasteiger partial charge in [-0.15, -0.1) is 11.3 Å². The van der Waals surface area contributed by atoms with E-state index in [0.29, 0.717) is 31.1 Å². The summed E-state index contributed by atoms with van der Waals surface area (Å²) in [5.74, 6) is 0.707. The third kappa shape index (κ3) is 4.90. The summed E-state index contributed by atoms with van der Waals surface area (Å²) in [6.45, 7) is 1.69. The average Bonchev–Trinajstić information content (AvgIpc) is 3.38. The molecule has 4 rings (SSSR count). The van der Waals surface area contributed by atoms with Crippen molar-refractivity contribution in [1.29, 1.82) is 0 Å². The van der Waals surface area contributed by atoms with Crippen molar-refractivity contribution in [3.05, 3.63) is 69.8 Å². The molecule has 0 fully saturated rings. The van der Waals surface area contributed by atoms with Crippen molar-refractivity contribution in [2.75, 3.05) is 11.9 Å². The molecule has 2 N–H and O–H groups in total. The maximum absolute atomic E-state index is 12.1. The van der Waals surface area contributed by atoms with Gasteiger partial charge in [-0.05, 0) is 29.1 Å². The molecule has 3 aromatic heterocycles. The monoisotopic (exact) mass is 426 g/mol. The van der Waals surface area contributed by atoms with Gasteiger partial charge < -0.3 is 10.6 Å². The maximum atomic E-state index is 12.1. The third-order valence-corrected chi connectivity index (χ3v) is 5.50. The predicted octanol–water partition coefficient (Wildman–Crippen LogP) is 3.51. The summed E-state index contributed by atoms with van der Waals surface area (Å²) in [6, 6.07) is 11.4. The van der Waals surface area contributed by atoms with E-state index in [4.69, 9.17) is 11.6 Å². The van der Waals surface area contributed by atoms with Crippen molar-refractivity contribution in [2.24, 2.45) is 0 Å². The highest BCUT2D eigenvalue weighted by Crippen LogP contribution is 2.20. The summed E-state index contributed by atoms with van der Waals surface area (Å²) in [5.41, 5.74) is 1.66. The van der Waals surface area contributed by atoms with E-state index in [2.05, 4.69) is 31.8 Å². The number of nitrogens with one attached hydrogen (secondary N) is 2. The summed E-state index contributed by atoms with van der Waals surface area (Å²) >= 11 is 7.56. The quantitative estimate of drug-likeness (QED) is 0.450. The molecule has 0 unspecified atom stereocenters. The fourth-order valence-corrected chi connectivity index (χ4v) is 3.70. The fraction of sp³-hybridized carbons (Fsp3) is 0.200. The van der Waals surface area contributed by atoms with Gasteiger partial charge in [-0.3, -0.25) is 4.79 Å². The largest absolute Gasteiger partial charge is 0.364 e. The van der Waals surface area contributed by atoms with E-state index < -0.39 is 0 Å². The summed E-state index contributed by atoms with van der Waals surface area (Å²) in [5, 5.41) is 14.2. The van der Waals surface area contributed by atoms with Gasteiger partial charge in [-0.1, -0.05) is 29.8 Å². The number of rotatable bonds is 8. The maximum Gasteiger partial charge on any atom is 0.224 e. The molecule has 0 aliphatic carbocycles. The van der Waals surface area contributed by atoms with Crippen LogP contribution >= 0.6 is 22.9 Å². The number of hydrogen-bond donors (Lipinski definition) is 2. The van der Waals surface area contributed by atoms with E-state index in [1.165, 1.54) is 11.2 Å². The zero-order chi connectivity index (χ0) is 20.1. The first-order valence-corrected chi connectivity index (χ1v) is 10.4. The van der Waals surface area contributed by atoms with Gasteiger partial charge in [0.25, 0.3) is 0 Å². The molecule has 4 aromatic rings. The van der Waals surface area contributed by atoms with Crippen molar-refractivity contribution in [2.45, 2.75) is 19.5 Å². The molecule has 29 heavy (non-hydrogen) atoms. The van der Waals surface area contributed by atoms with Crippen LogP contribution in [0.1, 0.15) is 10.4 Å². The molecule has 0 aliphatic rings. The van der Waals surface area contributed by atoms with Gasteiger partial charge in [0.15, 0.2) is 5.65 Å². The van der Waals surface area contributed by atoms with E-state index in [9.17, 15) is 4.79 Å². The Morgan fingerprint density at radius 2 is 2.03 bits per heavy atom.